The molecule has 4 rings (SSSR count). The molecule has 0 saturated carbocycles. The highest BCUT2D eigenvalue weighted by atomic mass is 16.7. The molecule has 0 radical (unpaired) electrons. The number of esters is 2. The van der Waals surface area contributed by atoms with Gasteiger partial charge in [0.15, 0.2) is 0 Å². The molecule has 31 heavy (non-hydrogen) atoms. The molecule has 0 atom stereocenters. The largest absolute Gasteiger partial charge is 0.457 e. The van der Waals surface area contributed by atoms with Crippen LogP contribution < -0.4 is 4.90 Å². The number of piperidine rings is 1. The van der Waals surface area contributed by atoms with Crippen molar-refractivity contribution in [3.63, 3.8) is 0 Å². The number of cyclic esters (lactones) is 2. The highest BCUT2D eigenvalue weighted by molar-refractivity contribution is 6.18. The van der Waals surface area contributed by atoms with Crippen molar-refractivity contribution in [2.45, 2.75) is 38.9 Å². The zero-order valence-corrected chi connectivity index (χ0v) is 17.3. The Kier molecular flexibility index (Phi) is 5.26. The Bertz CT molecular complexity index is 1060. The number of nitro groups is 1. The minimum atomic E-state index is -1.33. The van der Waals surface area contributed by atoms with Gasteiger partial charge in [0.2, 0.25) is 0 Å². The predicted molar refractivity (Wildman–Crippen MR) is 111 cm³/mol. The van der Waals surface area contributed by atoms with Crippen molar-refractivity contribution in [3.8, 4) is 11.3 Å². The molecule has 1 aromatic heterocycles. The summed E-state index contributed by atoms with van der Waals surface area (Å²) < 4.78 is 16.0. The van der Waals surface area contributed by atoms with Crippen LogP contribution in [0.25, 0.3) is 17.4 Å². The van der Waals surface area contributed by atoms with E-state index in [-0.39, 0.29) is 17.0 Å². The topological polar surface area (TPSA) is 112 Å². The van der Waals surface area contributed by atoms with E-state index in [1.54, 1.807) is 18.2 Å². The highest BCUT2D eigenvalue weighted by Gasteiger charge is 2.39. The third-order valence-electron chi connectivity index (χ3n) is 5.18. The Hall–Kier alpha value is -3.62. The Balaban J connectivity index is 1.70. The Morgan fingerprint density at radius 3 is 2.35 bits per heavy atom. The molecule has 0 bridgehead atoms. The second-order valence-corrected chi connectivity index (χ2v) is 7.95. The molecule has 2 aromatic rings. The molecule has 2 aliphatic heterocycles. The van der Waals surface area contributed by atoms with Gasteiger partial charge in [-0.05, 0) is 37.5 Å². The number of nitrogens with zero attached hydrogens (tertiary/aromatic N) is 2. The maximum atomic E-state index is 12.2. The molecule has 2 fully saturated rings. The van der Waals surface area contributed by atoms with E-state index in [2.05, 4.69) is 4.90 Å². The lowest BCUT2D eigenvalue weighted by atomic mass is 10.0. The van der Waals surface area contributed by atoms with Crippen molar-refractivity contribution in [2.75, 3.05) is 18.0 Å². The molecule has 0 N–H and O–H groups in total. The number of furan rings is 1. The fourth-order valence-corrected chi connectivity index (χ4v) is 3.74. The molecular formula is C22H22N2O7. The molecule has 9 nitrogen and oxygen atoms in total. The van der Waals surface area contributed by atoms with Gasteiger partial charge in [0.1, 0.15) is 17.1 Å². The monoisotopic (exact) mass is 426 g/mol. The Morgan fingerprint density at radius 1 is 1.03 bits per heavy atom. The Labute approximate surface area is 178 Å². The van der Waals surface area contributed by atoms with Crippen molar-refractivity contribution in [3.05, 3.63) is 51.8 Å². The molecule has 0 unspecified atom stereocenters. The van der Waals surface area contributed by atoms with E-state index in [1.807, 2.05) is 0 Å². The summed E-state index contributed by atoms with van der Waals surface area (Å²) in [6.45, 7) is 4.65. The fourth-order valence-electron chi connectivity index (χ4n) is 3.74. The van der Waals surface area contributed by atoms with Crippen molar-refractivity contribution < 1.29 is 28.4 Å². The zero-order chi connectivity index (χ0) is 22.2. The number of anilines is 1. The average molecular weight is 426 g/mol. The zero-order valence-electron chi connectivity index (χ0n) is 17.3. The SMILES string of the molecule is CC1(C)OC(=O)C(=Cc2ccc(-c3cc([N+](=O)[O-])ccc3N3CCCCC3)o2)C(=O)O1. The fraction of sp³-hybridized carbons (Fsp3) is 0.364. The molecule has 2 aliphatic rings. The van der Waals surface area contributed by atoms with Crippen molar-refractivity contribution in [1.29, 1.82) is 0 Å². The smallest absolute Gasteiger partial charge is 0.348 e. The minimum Gasteiger partial charge on any atom is -0.457 e. The summed E-state index contributed by atoms with van der Waals surface area (Å²) in [6.07, 6.45) is 4.50. The van der Waals surface area contributed by atoms with Gasteiger partial charge in [0, 0.05) is 56.4 Å². The molecule has 0 aliphatic carbocycles. The first kappa shape index (κ1) is 20.6. The Morgan fingerprint density at radius 2 is 1.71 bits per heavy atom. The van der Waals surface area contributed by atoms with Gasteiger partial charge in [-0.1, -0.05) is 0 Å². The van der Waals surface area contributed by atoms with Gasteiger partial charge in [0.05, 0.1) is 4.92 Å². The van der Waals surface area contributed by atoms with E-state index >= 15 is 0 Å². The standard InChI is InChI=1S/C22H22N2O7/c1-22(2)30-20(25)17(21(26)31-22)13-15-7-9-19(29-15)16-12-14(24(27)28)6-8-18(16)23-10-4-3-5-11-23/h6-9,12-13H,3-5,10-11H2,1-2H3. The van der Waals surface area contributed by atoms with Gasteiger partial charge in [0.25, 0.3) is 11.5 Å². The van der Waals surface area contributed by atoms with Gasteiger partial charge in [-0.15, -0.1) is 0 Å². The van der Waals surface area contributed by atoms with Gasteiger partial charge >= 0.3 is 11.9 Å². The van der Waals surface area contributed by atoms with Crippen molar-refractivity contribution in [2.24, 2.45) is 0 Å². The van der Waals surface area contributed by atoms with E-state index < -0.39 is 22.6 Å². The highest BCUT2D eigenvalue weighted by Crippen LogP contribution is 2.37. The number of carbonyl (C=O) groups is 2. The van der Waals surface area contributed by atoms with E-state index in [9.17, 15) is 19.7 Å². The van der Waals surface area contributed by atoms with Crippen LogP contribution in [0.15, 0.2) is 40.3 Å². The summed E-state index contributed by atoms with van der Waals surface area (Å²) in [6, 6.07) is 7.93. The number of benzene rings is 1. The molecule has 162 valence electrons. The maximum absolute atomic E-state index is 12.2. The first-order chi connectivity index (χ1) is 14.7. The minimum absolute atomic E-state index is 0.0475. The summed E-state index contributed by atoms with van der Waals surface area (Å²) >= 11 is 0. The van der Waals surface area contributed by atoms with Crippen LogP contribution >= 0.6 is 0 Å². The molecule has 0 amide bonds. The first-order valence-corrected chi connectivity index (χ1v) is 10.1. The third-order valence-corrected chi connectivity index (χ3v) is 5.18. The van der Waals surface area contributed by atoms with Gasteiger partial charge < -0.3 is 18.8 Å². The second-order valence-electron chi connectivity index (χ2n) is 7.95. The summed E-state index contributed by atoms with van der Waals surface area (Å²) in [5.74, 6) is -2.30. The summed E-state index contributed by atoms with van der Waals surface area (Å²) in [5, 5.41) is 11.3. The number of hydrogen-bond acceptors (Lipinski definition) is 8. The van der Waals surface area contributed by atoms with Crippen LogP contribution in [0.2, 0.25) is 0 Å². The maximum Gasteiger partial charge on any atom is 0.348 e. The van der Waals surface area contributed by atoms with Gasteiger partial charge in [-0.25, -0.2) is 9.59 Å². The van der Waals surface area contributed by atoms with E-state index in [0.29, 0.717) is 11.3 Å². The number of carbonyl (C=O) groups excluding carboxylic acids is 2. The summed E-state index contributed by atoms with van der Waals surface area (Å²) in [4.78, 5) is 37.4. The molecule has 0 spiro atoms. The quantitative estimate of drug-likeness (QED) is 0.236. The van der Waals surface area contributed by atoms with Crippen LogP contribution in [0.3, 0.4) is 0 Å². The normalized spacial score (nSPS) is 18.4. The molecule has 9 heteroatoms. The first-order valence-electron chi connectivity index (χ1n) is 10.1. The summed E-state index contributed by atoms with van der Waals surface area (Å²) in [7, 11) is 0. The number of ether oxygens (including phenoxy) is 2. The van der Waals surface area contributed by atoms with Crippen molar-refractivity contribution in [1.82, 2.24) is 0 Å². The van der Waals surface area contributed by atoms with Gasteiger partial charge in [-0.3, -0.25) is 10.1 Å². The van der Waals surface area contributed by atoms with Crippen molar-refractivity contribution >= 4 is 29.4 Å². The number of rotatable bonds is 4. The van der Waals surface area contributed by atoms with E-state index in [1.165, 1.54) is 32.1 Å². The number of nitro benzene ring substituents is 1. The molecule has 2 saturated heterocycles. The molecular weight excluding hydrogens is 404 g/mol. The van der Waals surface area contributed by atoms with Gasteiger partial charge in [-0.2, -0.15) is 0 Å². The number of non-ortho nitro benzene ring substituents is 1. The third kappa shape index (κ3) is 4.30. The molecule has 3 heterocycles. The second kappa shape index (κ2) is 7.90. The summed E-state index contributed by atoms with van der Waals surface area (Å²) in [5.41, 5.74) is 1.09. The van der Waals surface area contributed by atoms with Crippen LogP contribution in [-0.4, -0.2) is 35.7 Å². The average Bonchev–Trinajstić information content (AvgIpc) is 3.19. The van der Waals surface area contributed by atoms with Crippen LogP contribution in [0.5, 0.6) is 0 Å². The lowest BCUT2D eigenvalue weighted by molar-refractivity contribution is -0.384. The number of hydrogen-bond donors (Lipinski definition) is 0. The predicted octanol–water partition coefficient (Wildman–Crippen LogP) is 4.06. The van der Waals surface area contributed by atoms with Crippen LogP contribution in [0.1, 0.15) is 38.9 Å². The molecule has 1 aromatic carbocycles. The van der Waals surface area contributed by atoms with Crippen LogP contribution in [0, 0.1) is 10.1 Å². The lowest BCUT2D eigenvalue weighted by Gasteiger charge is -2.30. The van der Waals surface area contributed by atoms with E-state index in [4.69, 9.17) is 13.9 Å². The lowest BCUT2D eigenvalue weighted by Crippen LogP contribution is -2.41. The van der Waals surface area contributed by atoms with E-state index in [0.717, 1.165) is 38.0 Å². The van der Waals surface area contributed by atoms with Crippen LogP contribution in [0.4, 0.5) is 11.4 Å². The van der Waals surface area contributed by atoms with Crippen LogP contribution in [-0.2, 0) is 19.1 Å².